The van der Waals surface area contributed by atoms with E-state index in [2.05, 4.69) is 29.1 Å². The van der Waals surface area contributed by atoms with Gasteiger partial charge in [-0.25, -0.2) is 4.79 Å². The Morgan fingerprint density at radius 1 is 1.41 bits per heavy atom. The zero-order chi connectivity index (χ0) is 19.3. The fourth-order valence-corrected chi connectivity index (χ4v) is 3.34. The number of esters is 1. The smallest absolute Gasteiger partial charge is 0.332 e. The van der Waals surface area contributed by atoms with Crippen molar-refractivity contribution in [3.8, 4) is 11.8 Å². The quantitative estimate of drug-likeness (QED) is 0.445. The van der Waals surface area contributed by atoms with Crippen molar-refractivity contribution in [2.45, 2.75) is 30.5 Å². The van der Waals surface area contributed by atoms with E-state index >= 15 is 0 Å². The molecule has 1 aliphatic carbocycles. The first kappa shape index (κ1) is 19.2. The van der Waals surface area contributed by atoms with Gasteiger partial charge in [0, 0.05) is 18.0 Å². The average molecular weight is 368 g/mol. The fraction of sp³-hybridized carbons (Fsp3) is 0.429. The van der Waals surface area contributed by atoms with Crippen molar-refractivity contribution in [2.24, 2.45) is 5.92 Å². The van der Waals surface area contributed by atoms with Crippen LogP contribution in [-0.2, 0) is 19.1 Å². The number of nitrogens with one attached hydrogen (secondary N) is 2. The molecule has 27 heavy (non-hydrogen) atoms. The van der Waals surface area contributed by atoms with E-state index in [1.807, 2.05) is 30.3 Å². The molecule has 1 heterocycles. The molecule has 6 heteroatoms. The Morgan fingerprint density at radius 3 is 2.85 bits per heavy atom. The predicted octanol–water partition coefficient (Wildman–Crippen LogP) is 1.02. The molecule has 0 bridgehead atoms. The minimum Gasteiger partial charge on any atom is -0.467 e. The molecule has 6 nitrogen and oxygen atoms in total. The number of methoxy groups -OCH3 is 1. The second-order valence-electron chi connectivity index (χ2n) is 6.80. The molecule has 1 aliphatic heterocycles. The SMILES string of the molecule is C=CC1C[C@]1(NC(=O)[C@@H]1C[C@@H](OCC#Cc2ccccc2)CN1)C(=O)OC. The van der Waals surface area contributed by atoms with E-state index < -0.39 is 17.6 Å². The van der Waals surface area contributed by atoms with Crippen LogP contribution in [0.15, 0.2) is 43.0 Å². The molecule has 142 valence electrons. The third-order valence-corrected chi connectivity index (χ3v) is 5.00. The van der Waals surface area contributed by atoms with Crippen molar-refractivity contribution < 1.29 is 19.1 Å². The van der Waals surface area contributed by atoms with Crippen LogP contribution in [0.25, 0.3) is 0 Å². The molecule has 4 atom stereocenters. The number of ether oxygens (including phenoxy) is 2. The van der Waals surface area contributed by atoms with Crippen LogP contribution in [0, 0.1) is 17.8 Å². The number of carbonyl (C=O) groups is 2. The first-order chi connectivity index (χ1) is 13.1. The second kappa shape index (κ2) is 8.38. The summed E-state index contributed by atoms with van der Waals surface area (Å²) in [6.07, 6.45) is 2.65. The van der Waals surface area contributed by atoms with E-state index in [9.17, 15) is 9.59 Å². The van der Waals surface area contributed by atoms with Gasteiger partial charge in [-0.3, -0.25) is 4.79 Å². The predicted molar refractivity (Wildman–Crippen MR) is 101 cm³/mol. The van der Waals surface area contributed by atoms with Crippen molar-refractivity contribution in [1.82, 2.24) is 10.6 Å². The molecule has 0 radical (unpaired) electrons. The van der Waals surface area contributed by atoms with Crippen LogP contribution in [-0.4, -0.2) is 49.8 Å². The minimum absolute atomic E-state index is 0.0874. The Hall–Kier alpha value is -2.62. The molecule has 1 aromatic carbocycles. The lowest BCUT2D eigenvalue weighted by Gasteiger charge is -2.19. The third kappa shape index (κ3) is 4.38. The monoisotopic (exact) mass is 368 g/mol. The molecule has 0 aromatic heterocycles. The van der Waals surface area contributed by atoms with E-state index in [4.69, 9.17) is 9.47 Å². The van der Waals surface area contributed by atoms with Crippen molar-refractivity contribution >= 4 is 11.9 Å². The van der Waals surface area contributed by atoms with Gasteiger partial charge < -0.3 is 20.1 Å². The van der Waals surface area contributed by atoms with Crippen molar-refractivity contribution in [3.05, 3.63) is 48.6 Å². The lowest BCUT2D eigenvalue weighted by atomic mass is 10.1. The highest BCUT2D eigenvalue weighted by atomic mass is 16.5. The molecule has 2 N–H and O–H groups in total. The molecule has 3 rings (SSSR count). The maximum absolute atomic E-state index is 12.5. The Balaban J connectivity index is 1.46. The standard InChI is InChI=1S/C21H24N2O4/c1-3-16-13-21(16,20(25)26-2)23-19(24)18-12-17(14-22-18)27-11-7-10-15-8-5-4-6-9-15/h3-6,8-9,16-18,22H,1,11-14H2,2H3,(H,23,24)/t16?,17-,18+,21-/m1/s1. The van der Waals surface area contributed by atoms with E-state index in [1.54, 1.807) is 6.08 Å². The van der Waals surface area contributed by atoms with Gasteiger partial charge in [0.2, 0.25) is 5.91 Å². The lowest BCUT2D eigenvalue weighted by Crippen LogP contribution is -2.51. The number of hydrogen-bond donors (Lipinski definition) is 2. The minimum atomic E-state index is -0.963. The number of amides is 1. The number of hydrogen-bond acceptors (Lipinski definition) is 5. The summed E-state index contributed by atoms with van der Waals surface area (Å²) in [5.74, 6) is 5.29. The largest absolute Gasteiger partial charge is 0.467 e. The zero-order valence-corrected chi connectivity index (χ0v) is 15.4. The van der Waals surface area contributed by atoms with E-state index in [-0.39, 0.29) is 17.9 Å². The summed E-state index contributed by atoms with van der Waals surface area (Å²) in [6.45, 7) is 4.58. The normalized spacial score (nSPS) is 28.6. The summed E-state index contributed by atoms with van der Waals surface area (Å²) in [4.78, 5) is 24.6. The average Bonchev–Trinajstić information content (AvgIpc) is 3.20. The fourth-order valence-electron chi connectivity index (χ4n) is 3.34. The molecule has 1 amide bonds. The maximum Gasteiger partial charge on any atom is 0.332 e. The van der Waals surface area contributed by atoms with Crippen molar-refractivity contribution in [1.29, 1.82) is 0 Å². The van der Waals surface area contributed by atoms with Crippen LogP contribution in [0.5, 0.6) is 0 Å². The Kier molecular flexibility index (Phi) is 5.94. The lowest BCUT2D eigenvalue weighted by molar-refractivity contribution is -0.147. The first-order valence-electron chi connectivity index (χ1n) is 9.01. The van der Waals surface area contributed by atoms with E-state index in [1.165, 1.54) is 7.11 Å². The van der Waals surface area contributed by atoms with Crippen molar-refractivity contribution in [2.75, 3.05) is 20.3 Å². The number of carbonyl (C=O) groups excluding carboxylic acids is 2. The second-order valence-corrected chi connectivity index (χ2v) is 6.80. The summed E-state index contributed by atoms with van der Waals surface area (Å²) in [5.41, 5.74) is -0.0211. The van der Waals surface area contributed by atoms with Gasteiger partial charge in [-0.1, -0.05) is 36.1 Å². The zero-order valence-electron chi connectivity index (χ0n) is 15.4. The number of rotatable bonds is 6. The van der Waals surface area contributed by atoms with Gasteiger partial charge in [-0.05, 0) is 25.0 Å². The molecule has 0 spiro atoms. The van der Waals surface area contributed by atoms with Gasteiger partial charge in [0.25, 0.3) is 0 Å². The van der Waals surface area contributed by atoms with Gasteiger partial charge in [0.15, 0.2) is 0 Å². The summed E-state index contributed by atoms with van der Waals surface area (Å²) >= 11 is 0. The van der Waals surface area contributed by atoms with Crippen LogP contribution in [0.4, 0.5) is 0 Å². The van der Waals surface area contributed by atoms with Crippen LogP contribution in [0.1, 0.15) is 18.4 Å². The van der Waals surface area contributed by atoms with E-state index in [0.717, 1.165) is 5.56 Å². The molecular formula is C21H24N2O4. The maximum atomic E-state index is 12.5. The highest BCUT2D eigenvalue weighted by Gasteiger charge is 2.61. The van der Waals surface area contributed by atoms with Crippen LogP contribution in [0.2, 0.25) is 0 Å². The molecular weight excluding hydrogens is 344 g/mol. The van der Waals surface area contributed by atoms with Gasteiger partial charge in [-0.15, -0.1) is 6.58 Å². The van der Waals surface area contributed by atoms with Gasteiger partial charge in [-0.2, -0.15) is 0 Å². The Labute approximate surface area is 159 Å². The highest BCUT2D eigenvalue weighted by Crippen LogP contribution is 2.45. The Morgan fingerprint density at radius 2 is 2.19 bits per heavy atom. The Bertz CT molecular complexity index is 767. The van der Waals surface area contributed by atoms with Crippen LogP contribution < -0.4 is 10.6 Å². The molecule has 1 unspecified atom stereocenters. The van der Waals surface area contributed by atoms with Crippen molar-refractivity contribution in [3.63, 3.8) is 0 Å². The van der Waals surface area contributed by atoms with Crippen LogP contribution in [0.3, 0.4) is 0 Å². The molecule has 2 fully saturated rings. The summed E-state index contributed by atoms with van der Waals surface area (Å²) in [7, 11) is 1.32. The van der Waals surface area contributed by atoms with Gasteiger partial charge in [0.1, 0.15) is 12.1 Å². The first-order valence-corrected chi connectivity index (χ1v) is 9.01. The van der Waals surface area contributed by atoms with E-state index in [0.29, 0.717) is 26.0 Å². The third-order valence-electron chi connectivity index (χ3n) is 5.00. The van der Waals surface area contributed by atoms with Crippen LogP contribution >= 0.6 is 0 Å². The number of benzene rings is 1. The summed E-state index contributed by atoms with van der Waals surface area (Å²) in [5, 5.41) is 5.98. The summed E-state index contributed by atoms with van der Waals surface area (Å²) in [6, 6.07) is 9.30. The highest BCUT2D eigenvalue weighted by molar-refractivity contribution is 5.93. The molecule has 2 aliphatic rings. The molecule has 1 aromatic rings. The van der Waals surface area contributed by atoms with Gasteiger partial charge >= 0.3 is 5.97 Å². The topological polar surface area (TPSA) is 76.7 Å². The molecule has 1 saturated carbocycles. The summed E-state index contributed by atoms with van der Waals surface area (Å²) < 4.78 is 10.6. The molecule has 1 saturated heterocycles. The van der Waals surface area contributed by atoms with Gasteiger partial charge in [0.05, 0.1) is 19.3 Å².